The molecule has 116 valence electrons. The topological polar surface area (TPSA) is 93.3 Å². The van der Waals surface area contributed by atoms with E-state index in [1.807, 2.05) is 0 Å². The van der Waals surface area contributed by atoms with Gasteiger partial charge in [-0.2, -0.15) is 0 Å². The van der Waals surface area contributed by atoms with E-state index in [2.05, 4.69) is 4.98 Å². The lowest BCUT2D eigenvalue weighted by Crippen LogP contribution is -2.13. The molecular formula is C11H18N5O4P. The van der Waals surface area contributed by atoms with Gasteiger partial charge in [0.2, 0.25) is 5.82 Å². The van der Waals surface area contributed by atoms with E-state index in [-0.39, 0.29) is 5.82 Å². The summed E-state index contributed by atoms with van der Waals surface area (Å²) in [6.45, 7) is 6.35. The number of hydrogen-bond acceptors (Lipinski definition) is 5. The van der Waals surface area contributed by atoms with Crippen molar-refractivity contribution in [2.75, 3.05) is 26.2 Å². The quantitative estimate of drug-likeness (QED) is 0.339. The average Bonchev–Trinajstić information content (AvgIpc) is 3.28. The van der Waals surface area contributed by atoms with Gasteiger partial charge >= 0.3 is 13.5 Å². The smallest absolute Gasteiger partial charge is 0.358 e. The third kappa shape index (κ3) is 2.50. The molecule has 2 fully saturated rings. The summed E-state index contributed by atoms with van der Waals surface area (Å²) in [4.78, 5) is 14.6. The molecule has 0 bridgehead atoms. The molecule has 2 aliphatic heterocycles. The lowest BCUT2D eigenvalue weighted by molar-refractivity contribution is -0.390. The number of imidazole rings is 1. The Bertz CT molecular complexity index is 621. The maximum atomic E-state index is 13.0. The Hall–Kier alpha value is -1.28. The Kier molecular flexibility index (Phi) is 3.40. The second kappa shape index (κ2) is 4.88. The van der Waals surface area contributed by atoms with Gasteiger partial charge in [-0.15, -0.1) is 0 Å². The molecule has 0 saturated carbocycles. The highest BCUT2D eigenvalue weighted by molar-refractivity contribution is 7.54. The molecule has 1 unspecified atom stereocenters. The molecule has 1 atom stereocenters. The summed E-state index contributed by atoms with van der Waals surface area (Å²) < 4.78 is 23.9. The predicted octanol–water partition coefficient (Wildman–Crippen LogP) is 1.45. The molecule has 3 rings (SSSR count). The van der Waals surface area contributed by atoms with Crippen LogP contribution in [0.2, 0.25) is 0 Å². The van der Waals surface area contributed by atoms with Crippen LogP contribution in [-0.2, 0) is 16.1 Å². The first-order chi connectivity index (χ1) is 9.84. The SMILES string of the molecule is Cc1nc([N+](=O)[O-])c(C(C)OP(=O)(N2CC2)N2CC2)n1C. The Balaban J connectivity index is 1.90. The first-order valence-electron chi connectivity index (χ1n) is 6.81. The molecule has 0 aliphatic carbocycles. The van der Waals surface area contributed by atoms with Gasteiger partial charge in [0.15, 0.2) is 0 Å². The molecule has 3 heterocycles. The zero-order valence-corrected chi connectivity index (χ0v) is 13.1. The molecule has 0 aromatic carbocycles. The summed E-state index contributed by atoms with van der Waals surface area (Å²) in [6.07, 6.45) is -0.663. The molecule has 1 aromatic rings. The van der Waals surface area contributed by atoms with Crippen LogP contribution in [0, 0.1) is 17.0 Å². The van der Waals surface area contributed by atoms with E-state index >= 15 is 0 Å². The molecular weight excluding hydrogens is 297 g/mol. The third-order valence-corrected chi connectivity index (χ3v) is 6.58. The van der Waals surface area contributed by atoms with Crippen LogP contribution >= 0.6 is 7.67 Å². The van der Waals surface area contributed by atoms with Crippen molar-refractivity contribution in [3.05, 3.63) is 21.6 Å². The number of nitro groups is 1. The van der Waals surface area contributed by atoms with Gasteiger partial charge in [-0.05, 0) is 16.8 Å². The Morgan fingerprint density at radius 3 is 2.29 bits per heavy atom. The fourth-order valence-corrected chi connectivity index (χ4v) is 4.69. The van der Waals surface area contributed by atoms with Crippen LogP contribution in [-0.4, -0.2) is 50.0 Å². The van der Waals surface area contributed by atoms with Gasteiger partial charge in [-0.25, -0.2) is 9.34 Å². The van der Waals surface area contributed by atoms with Crippen LogP contribution in [0.1, 0.15) is 24.5 Å². The Morgan fingerprint density at radius 1 is 1.33 bits per heavy atom. The monoisotopic (exact) mass is 315 g/mol. The summed E-state index contributed by atoms with van der Waals surface area (Å²) in [5.74, 6) is 0.297. The molecule has 21 heavy (non-hydrogen) atoms. The minimum absolute atomic E-state index is 0.231. The van der Waals surface area contributed by atoms with Gasteiger partial charge in [0.05, 0.1) is 0 Å². The van der Waals surface area contributed by atoms with E-state index in [1.165, 1.54) is 0 Å². The van der Waals surface area contributed by atoms with Gasteiger partial charge in [-0.3, -0.25) is 9.09 Å². The maximum absolute atomic E-state index is 13.0. The molecule has 9 nitrogen and oxygen atoms in total. The molecule has 1 aromatic heterocycles. The molecule has 0 spiro atoms. The molecule has 2 aliphatic rings. The van der Waals surface area contributed by atoms with Gasteiger partial charge in [0.1, 0.15) is 11.8 Å². The van der Waals surface area contributed by atoms with Crippen LogP contribution in [0.4, 0.5) is 5.82 Å². The summed E-state index contributed by atoms with van der Waals surface area (Å²) >= 11 is 0. The first-order valence-corrected chi connectivity index (χ1v) is 8.34. The minimum Gasteiger partial charge on any atom is -0.358 e. The largest absolute Gasteiger partial charge is 0.387 e. The van der Waals surface area contributed by atoms with Crippen LogP contribution in [0.15, 0.2) is 0 Å². The van der Waals surface area contributed by atoms with E-state index in [0.717, 1.165) is 26.2 Å². The Labute approximate surface area is 122 Å². The summed E-state index contributed by atoms with van der Waals surface area (Å²) in [5.41, 5.74) is 0.349. The second-order valence-corrected chi connectivity index (χ2v) is 7.65. The fourth-order valence-electron chi connectivity index (χ4n) is 2.36. The Morgan fingerprint density at radius 2 is 1.86 bits per heavy atom. The van der Waals surface area contributed by atoms with Crippen LogP contribution in [0.3, 0.4) is 0 Å². The third-order valence-electron chi connectivity index (χ3n) is 3.76. The van der Waals surface area contributed by atoms with E-state index in [1.54, 1.807) is 34.8 Å². The molecule has 0 radical (unpaired) electrons. The van der Waals surface area contributed by atoms with E-state index in [0.29, 0.717) is 11.5 Å². The summed E-state index contributed by atoms with van der Waals surface area (Å²) in [5, 5.41) is 11.1. The van der Waals surface area contributed by atoms with Crippen molar-refractivity contribution in [2.45, 2.75) is 20.0 Å². The van der Waals surface area contributed by atoms with Crippen molar-refractivity contribution >= 4 is 13.5 Å². The fraction of sp³-hybridized carbons (Fsp3) is 0.727. The molecule has 0 N–H and O–H groups in total. The highest BCUT2D eigenvalue weighted by Gasteiger charge is 2.51. The zero-order chi connectivity index (χ0) is 15.4. The average molecular weight is 315 g/mol. The van der Waals surface area contributed by atoms with Crippen molar-refractivity contribution in [3.63, 3.8) is 0 Å². The highest BCUT2D eigenvalue weighted by Crippen LogP contribution is 2.63. The lowest BCUT2D eigenvalue weighted by Gasteiger charge is -2.23. The van der Waals surface area contributed by atoms with Gasteiger partial charge in [0.25, 0.3) is 0 Å². The number of aryl methyl sites for hydroxylation is 1. The van der Waals surface area contributed by atoms with Crippen molar-refractivity contribution < 1.29 is 14.0 Å². The molecule has 10 heteroatoms. The molecule has 0 amide bonds. The van der Waals surface area contributed by atoms with Crippen LogP contribution < -0.4 is 0 Å². The standard InChI is InChI=1S/C11H18N5O4P/c1-8(10-11(16(17)18)12-9(2)13(10)3)20-21(19,14-4-5-14)15-6-7-15/h8H,4-7H2,1-3H3. The van der Waals surface area contributed by atoms with Crippen LogP contribution in [0.25, 0.3) is 0 Å². The summed E-state index contributed by atoms with van der Waals surface area (Å²) in [7, 11) is -1.32. The summed E-state index contributed by atoms with van der Waals surface area (Å²) in [6, 6.07) is 0. The number of aromatic nitrogens is 2. The number of nitrogens with zero attached hydrogens (tertiary/aromatic N) is 5. The van der Waals surface area contributed by atoms with Crippen LogP contribution in [0.5, 0.6) is 0 Å². The lowest BCUT2D eigenvalue weighted by atomic mass is 10.3. The van der Waals surface area contributed by atoms with Crippen molar-refractivity contribution in [1.82, 2.24) is 18.9 Å². The van der Waals surface area contributed by atoms with Gasteiger partial charge in [-0.1, -0.05) is 0 Å². The van der Waals surface area contributed by atoms with Crippen molar-refractivity contribution in [2.24, 2.45) is 7.05 Å². The minimum atomic E-state index is -3.02. The normalized spacial score (nSPS) is 20.5. The van der Waals surface area contributed by atoms with Gasteiger partial charge in [0, 0.05) is 40.2 Å². The van der Waals surface area contributed by atoms with E-state index in [4.69, 9.17) is 4.52 Å². The van der Waals surface area contributed by atoms with E-state index in [9.17, 15) is 14.7 Å². The number of hydrogen-bond donors (Lipinski definition) is 0. The maximum Gasteiger partial charge on any atom is 0.387 e. The zero-order valence-electron chi connectivity index (χ0n) is 12.2. The van der Waals surface area contributed by atoms with Gasteiger partial charge < -0.3 is 14.7 Å². The first kappa shape index (κ1) is 14.6. The highest BCUT2D eigenvalue weighted by atomic mass is 31.2. The second-order valence-electron chi connectivity index (χ2n) is 5.33. The van der Waals surface area contributed by atoms with Crippen molar-refractivity contribution in [1.29, 1.82) is 0 Å². The molecule has 2 saturated heterocycles. The predicted molar refractivity (Wildman–Crippen MR) is 74.9 cm³/mol. The van der Waals surface area contributed by atoms with Crippen molar-refractivity contribution in [3.8, 4) is 0 Å². The van der Waals surface area contributed by atoms with E-state index < -0.39 is 18.7 Å². The number of rotatable bonds is 6.